The first-order valence-corrected chi connectivity index (χ1v) is 7.15. The molecule has 0 heterocycles. The lowest BCUT2D eigenvalue weighted by Crippen LogP contribution is -2.14. The fourth-order valence-electron chi connectivity index (χ4n) is 1.04. The number of carbonyl (C=O) groups is 1. The van der Waals surface area contributed by atoms with Crippen LogP contribution in [-0.2, 0) is 4.79 Å². The number of hydrogen-bond acceptors (Lipinski definition) is 3. The van der Waals surface area contributed by atoms with Crippen LogP contribution < -0.4 is 4.74 Å². The molecule has 0 spiro atoms. The Balaban J connectivity index is 2.34. The summed E-state index contributed by atoms with van der Waals surface area (Å²) in [5.74, 6) is 0.531. The Morgan fingerprint density at radius 1 is 1.65 bits per heavy atom. The van der Waals surface area contributed by atoms with E-state index in [0.717, 1.165) is 4.47 Å². The van der Waals surface area contributed by atoms with Crippen LogP contribution in [0.4, 0.5) is 0 Å². The summed E-state index contributed by atoms with van der Waals surface area (Å²) in [4.78, 5) is 10.6. The predicted octanol–water partition coefficient (Wildman–Crippen LogP) is 3.69. The topological polar surface area (TPSA) is 46.5 Å². The highest BCUT2D eigenvalue weighted by atomic mass is 79.9. The predicted molar refractivity (Wildman–Crippen MR) is 74.2 cm³/mol. The van der Waals surface area contributed by atoms with Crippen molar-refractivity contribution in [3.8, 4) is 5.75 Å². The molecule has 1 N–H and O–H groups in total. The van der Waals surface area contributed by atoms with Crippen LogP contribution in [0.25, 0.3) is 0 Å². The molecule has 0 saturated carbocycles. The maximum absolute atomic E-state index is 10.6. The number of aliphatic carboxylic acids is 1. The Morgan fingerprint density at radius 3 is 2.94 bits per heavy atom. The molecule has 0 amide bonds. The molecule has 1 aromatic rings. The van der Waals surface area contributed by atoms with Crippen LogP contribution in [0, 0.1) is 0 Å². The molecule has 0 aliphatic heterocycles. The number of benzene rings is 1. The number of carboxylic acids is 1. The zero-order valence-corrected chi connectivity index (χ0v) is 12.3. The van der Waals surface area contributed by atoms with Gasteiger partial charge < -0.3 is 9.84 Å². The summed E-state index contributed by atoms with van der Waals surface area (Å²) in [7, 11) is 0. The van der Waals surface area contributed by atoms with Gasteiger partial charge in [-0.1, -0.05) is 11.6 Å². The van der Waals surface area contributed by atoms with Crippen molar-refractivity contribution in [2.75, 3.05) is 12.4 Å². The zero-order chi connectivity index (χ0) is 12.8. The molecular formula is C11H12BrClO3S. The minimum absolute atomic E-state index is 0.410. The van der Waals surface area contributed by atoms with Crippen LogP contribution in [0.5, 0.6) is 5.75 Å². The van der Waals surface area contributed by atoms with E-state index in [2.05, 4.69) is 15.9 Å². The molecule has 1 aromatic carbocycles. The highest BCUT2D eigenvalue weighted by Gasteiger charge is 2.10. The molecule has 3 nitrogen and oxygen atoms in total. The second kappa shape index (κ2) is 7.13. The lowest BCUT2D eigenvalue weighted by Gasteiger charge is -2.09. The van der Waals surface area contributed by atoms with Gasteiger partial charge in [0.1, 0.15) is 5.75 Å². The van der Waals surface area contributed by atoms with Crippen molar-refractivity contribution in [1.29, 1.82) is 0 Å². The Kier molecular flexibility index (Phi) is 6.16. The molecule has 6 heteroatoms. The van der Waals surface area contributed by atoms with Gasteiger partial charge in [0.05, 0.1) is 16.3 Å². The number of hydrogen-bond donors (Lipinski definition) is 1. The van der Waals surface area contributed by atoms with E-state index in [4.69, 9.17) is 21.4 Å². The third kappa shape index (κ3) is 5.19. The second-order valence-electron chi connectivity index (χ2n) is 3.27. The van der Waals surface area contributed by atoms with Crippen LogP contribution in [0.2, 0.25) is 5.02 Å². The van der Waals surface area contributed by atoms with Gasteiger partial charge >= 0.3 is 5.97 Å². The maximum Gasteiger partial charge on any atom is 0.316 e. The normalized spacial score (nSPS) is 12.2. The molecule has 0 radical (unpaired) electrons. The molecular weight excluding hydrogens is 328 g/mol. The smallest absolute Gasteiger partial charge is 0.316 e. The minimum Gasteiger partial charge on any atom is -0.492 e. The van der Waals surface area contributed by atoms with Crippen molar-refractivity contribution < 1.29 is 14.6 Å². The van der Waals surface area contributed by atoms with Crippen LogP contribution in [0.3, 0.4) is 0 Å². The van der Waals surface area contributed by atoms with Gasteiger partial charge in [-0.25, -0.2) is 0 Å². The van der Waals surface area contributed by atoms with Crippen LogP contribution >= 0.6 is 39.3 Å². The Bertz CT molecular complexity index is 400. The van der Waals surface area contributed by atoms with E-state index in [1.54, 1.807) is 25.1 Å². The monoisotopic (exact) mass is 338 g/mol. The molecule has 94 valence electrons. The van der Waals surface area contributed by atoms with Gasteiger partial charge in [-0.05, 0) is 41.1 Å². The molecule has 1 rings (SSSR count). The highest BCUT2D eigenvalue weighted by molar-refractivity contribution is 9.10. The summed E-state index contributed by atoms with van der Waals surface area (Å²) >= 11 is 10.5. The van der Waals surface area contributed by atoms with Crippen molar-refractivity contribution in [1.82, 2.24) is 0 Å². The average Bonchev–Trinajstić information content (AvgIpc) is 2.26. The van der Waals surface area contributed by atoms with E-state index >= 15 is 0 Å². The first-order valence-electron chi connectivity index (χ1n) is 4.93. The maximum atomic E-state index is 10.6. The largest absolute Gasteiger partial charge is 0.492 e. The van der Waals surface area contributed by atoms with Gasteiger partial charge in [0.25, 0.3) is 0 Å². The lowest BCUT2D eigenvalue weighted by atomic mass is 10.3. The average molecular weight is 340 g/mol. The lowest BCUT2D eigenvalue weighted by molar-refractivity contribution is -0.136. The van der Waals surface area contributed by atoms with E-state index in [9.17, 15) is 4.79 Å². The van der Waals surface area contributed by atoms with Crippen LogP contribution in [0.1, 0.15) is 6.92 Å². The van der Waals surface area contributed by atoms with Gasteiger partial charge in [-0.3, -0.25) is 4.79 Å². The van der Waals surface area contributed by atoms with E-state index in [0.29, 0.717) is 23.1 Å². The van der Waals surface area contributed by atoms with Gasteiger partial charge in [-0.15, -0.1) is 11.8 Å². The number of carboxylic acid groups (broad SMARTS) is 1. The molecule has 1 atom stereocenters. The number of thioether (sulfide) groups is 1. The van der Waals surface area contributed by atoms with Gasteiger partial charge in [0.15, 0.2) is 0 Å². The number of halogens is 2. The summed E-state index contributed by atoms with van der Waals surface area (Å²) in [6, 6.07) is 5.27. The fourth-order valence-corrected chi connectivity index (χ4v) is 2.51. The summed E-state index contributed by atoms with van der Waals surface area (Å²) in [5, 5.41) is 8.92. The van der Waals surface area contributed by atoms with E-state index in [1.807, 2.05) is 0 Å². The van der Waals surface area contributed by atoms with E-state index in [-0.39, 0.29) is 0 Å². The molecule has 0 saturated heterocycles. The van der Waals surface area contributed by atoms with Crippen molar-refractivity contribution in [2.45, 2.75) is 12.2 Å². The van der Waals surface area contributed by atoms with Crippen molar-refractivity contribution in [2.24, 2.45) is 0 Å². The minimum atomic E-state index is -0.803. The summed E-state index contributed by atoms with van der Waals surface area (Å²) in [6.07, 6.45) is 0. The second-order valence-corrected chi connectivity index (χ2v) is 6.01. The van der Waals surface area contributed by atoms with Gasteiger partial charge in [-0.2, -0.15) is 0 Å². The Labute approximate surface area is 118 Å². The molecule has 17 heavy (non-hydrogen) atoms. The molecule has 0 aromatic heterocycles. The first kappa shape index (κ1) is 14.7. The van der Waals surface area contributed by atoms with Crippen molar-refractivity contribution in [3.05, 3.63) is 27.7 Å². The quantitative estimate of drug-likeness (QED) is 0.803. The highest BCUT2D eigenvalue weighted by Crippen LogP contribution is 2.28. The van der Waals surface area contributed by atoms with Crippen molar-refractivity contribution in [3.63, 3.8) is 0 Å². The first-order chi connectivity index (χ1) is 8.00. The molecule has 0 aliphatic carbocycles. The van der Waals surface area contributed by atoms with Gasteiger partial charge in [0, 0.05) is 10.8 Å². The molecule has 0 aliphatic rings. The van der Waals surface area contributed by atoms with Crippen LogP contribution in [0.15, 0.2) is 22.7 Å². The number of rotatable bonds is 6. The van der Waals surface area contributed by atoms with E-state index in [1.165, 1.54) is 11.8 Å². The zero-order valence-electron chi connectivity index (χ0n) is 9.15. The molecule has 0 fully saturated rings. The fraction of sp³-hybridized carbons (Fsp3) is 0.364. The molecule has 1 unspecified atom stereocenters. The Hall–Kier alpha value is -0.390. The van der Waals surface area contributed by atoms with Crippen LogP contribution in [-0.4, -0.2) is 28.7 Å². The van der Waals surface area contributed by atoms with E-state index < -0.39 is 11.2 Å². The summed E-state index contributed by atoms with van der Waals surface area (Å²) in [5.41, 5.74) is 0. The summed E-state index contributed by atoms with van der Waals surface area (Å²) in [6.45, 7) is 2.12. The molecule has 0 bridgehead atoms. The number of ether oxygens (including phenoxy) is 1. The standard InChI is InChI=1S/C11H12BrClO3S/c1-7(11(14)15)17-5-4-16-10-3-2-8(13)6-9(10)12/h2-3,6-7H,4-5H2,1H3,(H,14,15). The third-order valence-corrected chi connectivity index (χ3v) is 3.91. The van der Waals surface area contributed by atoms with Crippen molar-refractivity contribution >= 4 is 45.3 Å². The Morgan fingerprint density at radius 2 is 2.35 bits per heavy atom. The SMILES string of the molecule is CC(SCCOc1ccc(Cl)cc1Br)C(=O)O. The van der Waals surface area contributed by atoms with Gasteiger partial charge in [0.2, 0.25) is 0 Å². The third-order valence-electron chi connectivity index (χ3n) is 1.95. The summed E-state index contributed by atoms with van der Waals surface area (Å²) < 4.78 is 6.30.